The minimum absolute atomic E-state index is 0.0641. The Balaban J connectivity index is 0.000000225. The van der Waals surface area contributed by atoms with Crippen molar-refractivity contribution in [2.24, 2.45) is 0 Å². The molecule has 2 aromatic carbocycles. The Morgan fingerprint density at radius 1 is 0.619 bits per heavy atom. The summed E-state index contributed by atoms with van der Waals surface area (Å²) in [4.78, 5) is 24.2. The van der Waals surface area contributed by atoms with E-state index in [9.17, 15) is 9.59 Å². The lowest BCUT2D eigenvalue weighted by molar-refractivity contribution is 0.0979. The molecule has 1 aliphatic carbocycles. The molecule has 0 spiro atoms. The van der Waals surface area contributed by atoms with Gasteiger partial charge in [0.15, 0.2) is 11.6 Å². The largest absolute Gasteiger partial charge is 0.289 e. The Labute approximate surface area is 120 Å². The maximum Gasteiger partial charge on any atom is 0.194 e. The number of fused-ring (bicyclic) bond motifs is 2. The predicted octanol–water partition coefficient (Wildman–Crippen LogP) is 2.27. The average Bonchev–Trinajstić information content (AvgIpc) is 3.12. The fourth-order valence-electron chi connectivity index (χ4n) is 2.22. The maximum atomic E-state index is 12.1. The Morgan fingerprint density at radius 2 is 0.952 bits per heavy atom. The quantitative estimate of drug-likeness (QED) is 0.535. The zero-order valence-corrected chi connectivity index (χ0v) is 11.0. The van der Waals surface area contributed by atoms with Gasteiger partial charge in [-0.1, -0.05) is 48.5 Å². The second-order valence-corrected chi connectivity index (χ2v) is 4.41. The van der Waals surface area contributed by atoms with E-state index in [1.54, 1.807) is 60.9 Å². The van der Waals surface area contributed by atoms with E-state index in [-0.39, 0.29) is 11.6 Å². The molecular formula is C16H11N3O2. The highest BCUT2D eigenvalue weighted by molar-refractivity contribution is 6.28. The molecule has 0 atom stereocenters. The first-order valence-electron chi connectivity index (χ1n) is 6.36. The number of nitrogens with zero attached hydrogens (tertiary/aromatic N) is 2. The Morgan fingerprint density at radius 3 is 1.19 bits per heavy atom. The number of H-pyrrole nitrogens is 1. The lowest BCUT2D eigenvalue weighted by Crippen LogP contribution is -2.20. The van der Waals surface area contributed by atoms with Gasteiger partial charge in [0, 0.05) is 22.3 Å². The monoisotopic (exact) mass is 277 g/mol. The van der Waals surface area contributed by atoms with Crippen LogP contribution in [-0.4, -0.2) is 27.0 Å². The number of nitrogens with one attached hydrogen (secondary N) is 1. The SMILES string of the molecule is O=C1c2ccccc2C(=O)c2ccccc21.c1cn[nH]n1. The van der Waals surface area contributed by atoms with E-state index in [4.69, 9.17) is 0 Å². The van der Waals surface area contributed by atoms with Crippen LogP contribution in [0.4, 0.5) is 0 Å². The number of hydrogen-bond acceptors (Lipinski definition) is 4. The highest BCUT2D eigenvalue weighted by Gasteiger charge is 2.28. The third-order valence-corrected chi connectivity index (χ3v) is 3.16. The van der Waals surface area contributed by atoms with E-state index in [1.165, 1.54) is 0 Å². The first-order valence-corrected chi connectivity index (χ1v) is 6.36. The molecule has 0 bridgehead atoms. The number of benzene rings is 2. The van der Waals surface area contributed by atoms with Crippen molar-refractivity contribution in [1.82, 2.24) is 15.4 Å². The summed E-state index contributed by atoms with van der Waals surface area (Å²) in [5.41, 5.74) is 2.02. The molecule has 3 aromatic rings. The summed E-state index contributed by atoms with van der Waals surface area (Å²) in [6.45, 7) is 0. The molecule has 0 fully saturated rings. The third-order valence-electron chi connectivity index (χ3n) is 3.16. The van der Waals surface area contributed by atoms with Crippen molar-refractivity contribution < 1.29 is 9.59 Å². The number of aromatic amines is 1. The topological polar surface area (TPSA) is 75.7 Å². The fourth-order valence-corrected chi connectivity index (χ4v) is 2.22. The van der Waals surface area contributed by atoms with Crippen LogP contribution >= 0.6 is 0 Å². The van der Waals surface area contributed by atoms with Gasteiger partial charge in [-0.25, -0.2) is 0 Å². The van der Waals surface area contributed by atoms with Crippen molar-refractivity contribution in [2.45, 2.75) is 0 Å². The molecular weight excluding hydrogens is 266 g/mol. The number of ketones is 2. The van der Waals surface area contributed by atoms with E-state index < -0.39 is 0 Å². The molecule has 102 valence electrons. The second kappa shape index (κ2) is 5.50. The van der Waals surface area contributed by atoms with Crippen LogP contribution in [0, 0.1) is 0 Å². The summed E-state index contributed by atoms with van der Waals surface area (Å²) in [7, 11) is 0. The molecule has 1 N–H and O–H groups in total. The zero-order chi connectivity index (χ0) is 14.7. The number of aromatic nitrogens is 3. The number of rotatable bonds is 0. The molecule has 5 heteroatoms. The van der Waals surface area contributed by atoms with Crippen molar-refractivity contribution in [3.05, 3.63) is 83.2 Å². The lowest BCUT2D eigenvalue weighted by Gasteiger charge is -2.16. The molecule has 4 rings (SSSR count). The molecule has 0 radical (unpaired) electrons. The van der Waals surface area contributed by atoms with E-state index in [0.717, 1.165) is 0 Å². The fraction of sp³-hybridized carbons (Fsp3) is 0. The van der Waals surface area contributed by atoms with E-state index in [1.807, 2.05) is 0 Å². The smallest absolute Gasteiger partial charge is 0.194 e. The summed E-state index contributed by atoms with van der Waals surface area (Å²) in [5.74, 6) is -0.128. The Bertz CT molecular complexity index is 672. The summed E-state index contributed by atoms with van der Waals surface area (Å²) < 4.78 is 0. The molecule has 0 unspecified atom stereocenters. The van der Waals surface area contributed by atoms with Gasteiger partial charge >= 0.3 is 0 Å². The van der Waals surface area contributed by atoms with Crippen LogP contribution in [0.5, 0.6) is 0 Å². The van der Waals surface area contributed by atoms with Gasteiger partial charge in [-0.05, 0) is 0 Å². The highest BCUT2D eigenvalue weighted by atomic mass is 16.1. The molecule has 5 nitrogen and oxygen atoms in total. The molecule has 21 heavy (non-hydrogen) atoms. The van der Waals surface area contributed by atoms with Gasteiger partial charge in [-0.3, -0.25) is 9.59 Å². The third kappa shape index (κ3) is 2.36. The maximum absolute atomic E-state index is 12.1. The first-order chi connectivity index (χ1) is 10.3. The van der Waals surface area contributed by atoms with Gasteiger partial charge in [0.2, 0.25) is 0 Å². The molecule has 0 amide bonds. The van der Waals surface area contributed by atoms with Gasteiger partial charge in [0.25, 0.3) is 0 Å². The average molecular weight is 277 g/mol. The standard InChI is InChI=1S/C14H8O2.C2H3N3/c15-13-9-5-1-2-6-10(9)14(16)12-8-4-3-7-11(12)13;1-2-4-5-3-1/h1-8H;1-2H,(H,3,4,5). The molecule has 0 aliphatic heterocycles. The molecule has 1 heterocycles. The molecule has 0 saturated carbocycles. The van der Waals surface area contributed by atoms with E-state index in [0.29, 0.717) is 22.3 Å². The summed E-state index contributed by atoms with van der Waals surface area (Å²) in [6, 6.07) is 13.9. The molecule has 0 saturated heterocycles. The van der Waals surface area contributed by atoms with Crippen molar-refractivity contribution in [3.63, 3.8) is 0 Å². The number of hydrogen-bond donors (Lipinski definition) is 1. The zero-order valence-electron chi connectivity index (χ0n) is 11.0. The normalized spacial score (nSPS) is 12.0. The second-order valence-electron chi connectivity index (χ2n) is 4.41. The number of carbonyl (C=O) groups excluding carboxylic acids is 2. The summed E-state index contributed by atoms with van der Waals surface area (Å²) in [6.07, 6.45) is 3.17. The van der Waals surface area contributed by atoms with Crippen molar-refractivity contribution in [3.8, 4) is 0 Å². The van der Waals surface area contributed by atoms with Crippen LogP contribution in [0.15, 0.2) is 60.9 Å². The van der Waals surface area contributed by atoms with Crippen molar-refractivity contribution >= 4 is 11.6 Å². The Kier molecular flexibility index (Phi) is 3.39. The molecule has 1 aliphatic rings. The minimum atomic E-state index is -0.0641. The summed E-state index contributed by atoms with van der Waals surface area (Å²) >= 11 is 0. The van der Waals surface area contributed by atoms with Gasteiger partial charge < -0.3 is 0 Å². The predicted molar refractivity (Wildman–Crippen MR) is 76.1 cm³/mol. The number of carbonyl (C=O) groups is 2. The Hall–Kier alpha value is -3.08. The van der Waals surface area contributed by atoms with E-state index >= 15 is 0 Å². The van der Waals surface area contributed by atoms with Gasteiger partial charge in [-0.15, -0.1) is 0 Å². The lowest BCUT2D eigenvalue weighted by atomic mass is 9.84. The highest BCUT2D eigenvalue weighted by Crippen LogP contribution is 2.26. The first kappa shape index (κ1) is 12.9. The van der Waals surface area contributed by atoms with Crippen molar-refractivity contribution in [2.75, 3.05) is 0 Å². The van der Waals surface area contributed by atoms with Crippen LogP contribution in [0.25, 0.3) is 0 Å². The van der Waals surface area contributed by atoms with Crippen LogP contribution in [0.1, 0.15) is 31.8 Å². The molecule has 1 aromatic heterocycles. The van der Waals surface area contributed by atoms with Gasteiger partial charge in [0.05, 0.1) is 12.4 Å². The minimum Gasteiger partial charge on any atom is -0.289 e. The van der Waals surface area contributed by atoms with E-state index in [2.05, 4.69) is 15.4 Å². The van der Waals surface area contributed by atoms with Crippen LogP contribution in [-0.2, 0) is 0 Å². The van der Waals surface area contributed by atoms with Crippen molar-refractivity contribution in [1.29, 1.82) is 0 Å². The van der Waals surface area contributed by atoms with Gasteiger partial charge in [-0.2, -0.15) is 15.4 Å². The van der Waals surface area contributed by atoms with Crippen LogP contribution in [0.3, 0.4) is 0 Å². The van der Waals surface area contributed by atoms with Gasteiger partial charge in [0.1, 0.15) is 0 Å². The van der Waals surface area contributed by atoms with Crippen LogP contribution in [0.2, 0.25) is 0 Å². The summed E-state index contributed by atoms with van der Waals surface area (Å²) in [5, 5.41) is 9.33. The van der Waals surface area contributed by atoms with Crippen LogP contribution < -0.4 is 0 Å².